The molecule has 1 aliphatic heterocycles. The number of rotatable bonds is 7. The zero-order chi connectivity index (χ0) is 34.3. The Bertz CT molecular complexity index is 1340. The van der Waals surface area contributed by atoms with Gasteiger partial charge in [-0.2, -0.15) is 0 Å². The number of aryl methyl sites for hydroxylation is 5. The van der Waals surface area contributed by atoms with Crippen LogP contribution in [0.5, 0.6) is 0 Å². The van der Waals surface area contributed by atoms with Crippen LogP contribution in [0, 0.1) is 33.6 Å². The average Bonchev–Trinajstić information content (AvgIpc) is 3.39. The molecule has 1 fully saturated rings. The van der Waals surface area contributed by atoms with E-state index in [1.165, 1.54) is 57.6 Å². The van der Waals surface area contributed by atoms with Crippen LogP contribution < -0.4 is 10.2 Å². The summed E-state index contributed by atoms with van der Waals surface area (Å²) < 4.78 is 0. The number of nitrogens with one attached hydrogen (secondary N) is 1. The highest BCUT2D eigenvalue weighted by molar-refractivity contribution is 5.62. The van der Waals surface area contributed by atoms with Gasteiger partial charge in [0.1, 0.15) is 0 Å². The SMILES string of the molecule is C1=CC=CCC=C1.C=C1C(CCCc2ccc(C)cc2)C(c2ccc(C)cc2C)N1c1ccc(C)cc1.C=CCC.CC.CNC. The van der Waals surface area contributed by atoms with Crippen LogP contribution >= 0.6 is 0 Å². The molecule has 1 heterocycles. The van der Waals surface area contributed by atoms with E-state index in [0.717, 1.165) is 19.3 Å². The zero-order valence-electron chi connectivity index (χ0n) is 30.4. The molecule has 0 aromatic heterocycles. The lowest BCUT2D eigenvalue weighted by atomic mass is 9.75. The third kappa shape index (κ3) is 13.6. The molecule has 2 atom stereocenters. The fourth-order valence-corrected chi connectivity index (χ4v) is 5.31. The minimum Gasteiger partial charge on any atom is -0.337 e. The number of benzene rings is 3. The third-order valence-electron chi connectivity index (χ3n) is 7.72. The van der Waals surface area contributed by atoms with Crippen molar-refractivity contribution in [1.29, 1.82) is 0 Å². The van der Waals surface area contributed by atoms with Crippen LogP contribution in [0.25, 0.3) is 0 Å². The van der Waals surface area contributed by atoms with Gasteiger partial charge in [-0.3, -0.25) is 0 Å². The summed E-state index contributed by atoms with van der Waals surface area (Å²) in [6.07, 6.45) is 20.0. The summed E-state index contributed by atoms with van der Waals surface area (Å²) in [5.74, 6) is 0.498. The Balaban J connectivity index is 0.000000548. The van der Waals surface area contributed by atoms with E-state index < -0.39 is 0 Å². The predicted octanol–water partition coefficient (Wildman–Crippen LogP) is 12.1. The van der Waals surface area contributed by atoms with Crippen molar-refractivity contribution in [3.63, 3.8) is 0 Å². The first-order valence-electron chi connectivity index (χ1n) is 17.1. The minimum atomic E-state index is 0.374. The van der Waals surface area contributed by atoms with Crippen molar-refractivity contribution in [2.75, 3.05) is 19.0 Å². The van der Waals surface area contributed by atoms with Crippen LogP contribution in [0.15, 0.2) is 128 Å². The summed E-state index contributed by atoms with van der Waals surface area (Å²) in [7, 11) is 3.75. The molecule has 1 N–H and O–H groups in total. The van der Waals surface area contributed by atoms with Gasteiger partial charge in [0.15, 0.2) is 0 Å². The van der Waals surface area contributed by atoms with E-state index in [-0.39, 0.29) is 0 Å². The molecular weight excluding hydrogens is 556 g/mol. The van der Waals surface area contributed by atoms with Crippen molar-refractivity contribution < 1.29 is 0 Å². The highest BCUT2D eigenvalue weighted by Gasteiger charge is 2.43. The van der Waals surface area contributed by atoms with E-state index in [2.05, 4.69) is 149 Å². The van der Waals surface area contributed by atoms with Crippen LogP contribution in [-0.4, -0.2) is 14.1 Å². The van der Waals surface area contributed by atoms with Crippen molar-refractivity contribution in [3.8, 4) is 0 Å². The summed E-state index contributed by atoms with van der Waals surface area (Å²) in [5.41, 5.74) is 10.7. The molecule has 1 saturated heterocycles. The van der Waals surface area contributed by atoms with E-state index in [1.807, 2.05) is 46.2 Å². The van der Waals surface area contributed by atoms with Crippen LogP contribution in [-0.2, 0) is 6.42 Å². The summed E-state index contributed by atoms with van der Waals surface area (Å²) in [6.45, 7) is 22.8. The summed E-state index contributed by atoms with van der Waals surface area (Å²) in [5, 5.41) is 2.75. The largest absolute Gasteiger partial charge is 0.337 e. The third-order valence-corrected chi connectivity index (χ3v) is 7.72. The van der Waals surface area contributed by atoms with Crippen molar-refractivity contribution in [1.82, 2.24) is 5.32 Å². The molecule has 2 heteroatoms. The standard InChI is InChI=1S/C29H33N.C7H8.C4H8.C2H7N.C2H6/c1-20-9-14-25(15-10-20)7-6-8-28-24(5)30(26-16-11-21(2)12-17-26)29(28)27-18-13-22(3)19-23(27)4;1-2-4-6-7-5-3-1;1-3-4-2;1-3-2;1-2/h9-19,28-29H,5-8H2,1-4H3;1-6H,7H2;3H,1,4H2,2H3;3H,1-2H3;1-2H3. The van der Waals surface area contributed by atoms with Crippen molar-refractivity contribution in [2.24, 2.45) is 5.92 Å². The van der Waals surface area contributed by atoms with Crippen molar-refractivity contribution in [2.45, 2.75) is 86.6 Å². The zero-order valence-corrected chi connectivity index (χ0v) is 30.4. The van der Waals surface area contributed by atoms with Gasteiger partial charge in [0.05, 0.1) is 6.04 Å². The van der Waals surface area contributed by atoms with Crippen molar-refractivity contribution in [3.05, 3.63) is 161 Å². The molecule has 46 heavy (non-hydrogen) atoms. The minimum absolute atomic E-state index is 0.374. The van der Waals surface area contributed by atoms with Crippen LogP contribution in [0.2, 0.25) is 0 Å². The Kier molecular flexibility index (Phi) is 20.5. The number of nitrogens with zero attached hydrogens (tertiary/aromatic N) is 1. The Morgan fingerprint density at radius 1 is 0.783 bits per heavy atom. The molecular formula is C44H62N2. The first-order chi connectivity index (χ1) is 22.3. The lowest BCUT2D eigenvalue weighted by Gasteiger charge is -2.52. The van der Waals surface area contributed by atoms with Crippen LogP contribution in [0.1, 0.15) is 85.9 Å². The summed E-state index contributed by atoms with van der Waals surface area (Å²) >= 11 is 0. The smallest absolute Gasteiger partial charge is 0.0673 e. The topological polar surface area (TPSA) is 15.3 Å². The monoisotopic (exact) mass is 618 g/mol. The number of hydrogen-bond donors (Lipinski definition) is 1. The lowest BCUT2D eigenvalue weighted by Crippen LogP contribution is -2.47. The van der Waals surface area contributed by atoms with E-state index in [4.69, 9.17) is 0 Å². The molecule has 0 amide bonds. The number of allylic oxidation sites excluding steroid dienone is 7. The van der Waals surface area contributed by atoms with Gasteiger partial charge in [-0.05, 0) is 103 Å². The molecule has 2 unspecified atom stereocenters. The molecule has 0 spiro atoms. The second kappa shape index (κ2) is 23.5. The maximum Gasteiger partial charge on any atom is 0.0673 e. The van der Waals surface area contributed by atoms with Gasteiger partial charge >= 0.3 is 0 Å². The second-order valence-electron chi connectivity index (χ2n) is 11.7. The summed E-state index contributed by atoms with van der Waals surface area (Å²) in [4.78, 5) is 2.45. The molecule has 3 aromatic rings. The molecule has 0 radical (unpaired) electrons. The summed E-state index contributed by atoms with van der Waals surface area (Å²) in [6, 6.07) is 25.1. The maximum absolute atomic E-state index is 4.51. The van der Waals surface area contributed by atoms with Gasteiger partial charge in [-0.1, -0.05) is 141 Å². The predicted molar refractivity (Wildman–Crippen MR) is 208 cm³/mol. The second-order valence-corrected chi connectivity index (χ2v) is 11.7. The maximum atomic E-state index is 4.51. The number of hydrogen-bond acceptors (Lipinski definition) is 2. The molecule has 3 aromatic carbocycles. The molecule has 0 bridgehead atoms. The highest BCUT2D eigenvalue weighted by Crippen LogP contribution is 2.51. The van der Waals surface area contributed by atoms with Crippen LogP contribution in [0.3, 0.4) is 0 Å². The van der Waals surface area contributed by atoms with E-state index in [1.54, 1.807) is 0 Å². The Morgan fingerprint density at radius 3 is 1.78 bits per heavy atom. The lowest BCUT2D eigenvalue weighted by molar-refractivity contribution is 0.340. The van der Waals surface area contributed by atoms with E-state index in [9.17, 15) is 0 Å². The van der Waals surface area contributed by atoms with Crippen LogP contribution in [0.4, 0.5) is 5.69 Å². The van der Waals surface area contributed by atoms with Crippen molar-refractivity contribution >= 4 is 5.69 Å². The normalized spacial score (nSPS) is 15.7. The van der Waals surface area contributed by atoms with Gasteiger partial charge in [0.2, 0.25) is 0 Å². The fraction of sp³-hybridized carbons (Fsp3) is 0.364. The Morgan fingerprint density at radius 2 is 1.28 bits per heavy atom. The highest BCUT2D eigenvalue weighted by atomic mass is 15.2. The van der Waals surface area contributed by atoms with E-state index >= 15 is 0 Å². The number of anilines is 1. The molecule has 2 nitrogen and oxygen atoms in total. The first-order valence-corrected chi connectivity index (χ1v) is 17.1. The van der Waals surface area contributed by atoms with Gasteiger partial charge in [0.25, 0.3) is 0 Å². The average molecular weight is 619 g/mol. The van der Waals surface area contributed by atoms with Gasteiger partial charge in [0, 0.05) is 17.3 Å². The molecule has 2 aliphatic rings. The Labute approximate surface area is 283 Å². The molecule has 1 aliphatic carbocycles. The first kappa shape index (κ1) is 40.1. The fourth-order valence-electron chi connectivity index (χ4n) is 5.31. The van der Waals surface area contributed by atoms with Gasteiger partial charge in [-0.15, -0.1) is 6.58 Å². The molecule has 5 rings (SSSR count). The van der Waals surface area contributed by atoms with E-state index in [0.29, 0.717) is 12.0 Å². The molecule has 248 valence electrons. The van der Waals surface area contributed by atoms with Gasteiger partial charge in [-0.25, -0.2) is 0 Å². The molecule has 0 saturated carbocycles. The Hall–Kier alpha value is -3.88. The quantitative estimate of drug-likeness (QED) is 0.265. The van der Waals surface area contributed by atoms with Gasteiger partial charge < -0.3 is 10.2 Å².